The molecule has 0 saturated heterocycles. The highest BCUT2D eigenvalue weighted by atomic mass is 15.4. The van der Waals surface area contributed by atoms with E-state index in [0.29, 0.717) is 0 Å². The first-order valence-corrected chi connectivity index (χ1v) is 3.96. The van der Waals surface area contributed by atoms with E-state index in [1.165, 1.54) is 0 Å². The SMILES string of the molecule is CCNCc1cn(CC)nn1. The van der Waals surface area contributed by atoms with E-state index in [2.05, 4.69) is 22.6 Å². The van der Waals surface area contributed by atoms with Gasteiger partial charge in [0.1, 0.15) is 0 Å². The summed E-state index contributed by atoms with van der Waals surface area (Å²) in [6.45, 7) is 6.80. The molecule has 1 aromatic heterocycles. The van der Waals surface area contributed by atoms with E-state index in [4.69, 9.17) is 0 Å². The molecule has 4 heteroatoms. The highest BCUT2D eigenvalue weighted by Crippen LogP contribution is 1.90. The third kappa shape index (κ3) is 2.31. The van der Waals surface area contributed by atoms with Crippen LogP contribution in [-0.2, 0) is 13.1 Å². The fourth-order valence-corrected chi connectivity index (χ4v) is 0.827. The summed E-state index contributed by atoms with van der Waals surface area (Å²) in [6.07, 6.45) is 1.96. The Balaban J connectivity index is 2.44. The first-order valence-electron chi connectivity index (χ1n) is 3.96. The molecule has 1 N–H and O–H groups in total. The maximum absolute atomic E-state index is 3.98. The number of nitrogens with one attached hydrogen (secondary N) is 1. The molecule has 0 aliphatic rings. The van der Waals surface area contributed by atoms with Crippen LogP contribution < -0.4 is 5.32 Å². The molecule has 0 bridgehead atoms. The summed E-state index contributed by atoms with van der Waals surface area (Å²) in [4.78, 5) is 0. The van der Waals surface area contributed by atoms with Crippen molar-refractivity contribution in [3.8, 4) is 0 Å². The van der Waals surface area contributed by atoms with Gasteiger partial charge in [0.05, 0.1) is 5.69 Å². The van der Waals surface area contributed by atoms with Gasteiger partial charge in [0.25, 0.3) is 0 Å². The van der Waals surface area contributed by atoms with Crippen LogP contribution in [0, 0.1) is 0 Å². The number of aryl methyl sites for hydroxylation is 1. The number of rotatable bonds is 4. The summed E-state index contributed by atoms with van der Waals surface area (Å²) in [6, 6.07) is 0. The van der Waals surface area contributed by atoms with Crippen LogP contribution >= 0.6 is 0 Å². The molecule has 0 atom stereocenters. The molecule has 0 spiro atoms. The van der Waals surface area contributed by atoms with Gasteiger partial charge < -0.3 is 5.32 Å². The second-order valence-corrected chi connectivity index (χ2v) is 2.35. The van der Waals surface area contributed by atoms with Gasteiger partial charge in [-0.15, -0.1) is 5.10 Å². The van der Waals surface area contributed by atoms with Gasteiger partial charge in [-0.2, -0.15) is 0 Å². The van der Waals surface area contributed by atoms with E-state index in [9.17, 15) is 0 Å². The Kier molecular flexibility index (Phi) is 3.04. The zero-order chi connectivity index (χ0) is 8.10. The Labute approximate surface area is 66.6 Å². The van der Waals surface area contributed by atoms with Crippen LogP contribution in [-0.4, -0.2) is 21.5 Å². The summed E-state index contributed by atoms with van der Waals surface area (Å²) in [7, 11) is 0. The molecular weight excluding hydrogens is 140 g/mol. The van der Waals surface area contributed by atoms with Crippen molar-refractivity contribution in [2.24, 2.45) is 0 Å². The van der Waals surface area contributed by atoms with E-state index < -0.39 is 0 Å². The second-order valence-electron chi connectivity index (χ2n) is 2.35. The second kappa shape index (κ2) is 4.08. The Bertz CT molecular complexity index is 206. The monoisotopic (exact) mass is 154 g/mol. The Morgan fingerprint density at radius 3 is 2.91 bits per heavy atom. The summed E-state index contributed by atoms with van der Waals surface area (Å²) in [5.41, 5.74) is 1.01. The maximum Gasteiger partial charge on any atom is 0.0964 e. The summed E-state index contributed by atoms with van der Waals surface area (Å²) in [5, 5.41) is 11.1. The van der Waals surface area contributed by atoms with Crippen LogP contribution in [0.4, 0.5) is 0 Å². The summed E-state index contributed by atoms with van der Waals surface area (Å²) in [5.74, 6) is 0. The smallest absolute Gasteiger partial charge is 0.0964 e. The molecule has 0 radical (unpaired) electrons. The predicted octanol–water partition coefficient (Wildman–Crippen LogP) is 0.407. The average molecular weight is 154 g/mol. The fraction of sp³-hybridized carbons (Fsp3) is 0.714. The van der Waals surface area contributed by atoms with Crippen LogP contribution in [0.3, 0.4) is 0 Å². The minimum atomic E-state index is 0.816. The van der Waals surface area contributed by atoms with Crippen molar-refractivity contribution in [3.05, 3.63) is 11.9 Å². The maximum atomic E-state index is 3.98. The van der Waals surface area contributed by atoms with Gasteiger partial charge >= 0.3 is 0 Å². The normalized spacial score (nSPS) is 10.4. The van der Waals surface area contributed by atoms with Gasteiger partial charge in [0.15, 0.2) is 0 Å². The van der Waals surface area contributed by atoms with E-state index in [-0.39, 0.29) is 0 Å². The Hall–Kier alpha value is -0.900. The van der Waals surface area contributed by atoms with Crippen molar-refractivity contribution in [3.63, 3.8) is 0 Å². The topological polar surface area (TPSA) is 42.7 Å². The molecule has 1 heterocycles. The lowest BCUT2D eigenvalue weighted by Crippen LogP contribution is -2.11. The largest absolute Gasteiger partial charge is 0.311 e. The summed E-state index contributed by atoms with van der Waals surface area (Å²) < 4.78 is 1.83. The van der Waals surface area contributed by atoms with Crippen molar-refractivity contribution in [2.45, 2.75) is 26.9 Å². The van der Waals surface area contributed by atoms with E-state index in [0.717, 1.165) is 25.3 Å². The van der Waals surface area contributed by atoms with Crippen LogP contribution in [0.2, 0.25) is 0 Å². The first kappa shape index (κ1) is 8.20. The minimum absolute atomic E-state index is 0.816. The molecule has 0 aliphatic carbocycles. The number of aromatic nitrogens is 3. The number of hydrogen-bond donors (Lipinski definition) is 1. The van der Waals surface area contributed by atoms with Gasteiger partial charge in [0.2, 0.25) is 0 Å². The van der Waals surface area contributed by atoms with Gasteiger partial charge in [0, 0.05) is 19.3 Å². The molecule has 0 amide bonds. The van der Waals surface area contributed by atoms with Crippen LogP contribution in [0.1, 0.15) is 19.5 Å². The zero-order valence-electron chi connectivity index (χ0n) is 7.04. The highest BCUT2D eigenvalue weighted by Gasteiger charge is 1.96. The first-order chi connectivity index (χ1) is 5.36. The molecule has 1 rings (SSSR count). The number of nitrogens with zero attached hydrogens (tertiary/aromatic N) is 3. The molecule has 0 unspecified atom stereocenters. The lowest BCUT2D eigenvalue weighted by atomic mass is 10.4. The lowest BCUT2D eigenvalue weighted by molar-refractivity contribution is 0.626. The minimum Gasteiger partial charge on any atom is -0.311 e. The average Bonchev–Trinajstić information content (AvgIpc) is 2.48. The molecule has 0 fully saturated rings. The van der Waals surface area contributed by atoms with Gasteiger partial charge in [-0.1, -0.05) is 12.1 Å². The van der Waals surface area contributed by atoms with Gasteiger partial charge in [-0.3, -0.25) is 4.68 Å². The van der Waals surface area contributed by atoms with Crippen LogP contribution in [0.15, 0.2) is 6.20 Å². The quantitative estimate of drug-likeness (QED) is 0.683. The predicted molar refractivity (Wildman–Crippen MR) is 43.1 cm³/mol. The molecule has 0 aromatic carbocycles. The Morgan fingerprint density at radius 1 is 1.55 bits per heavy atom. The van der Waals surface area contributed by atoms with Gasteiger partial charge in [-0.25, -0.2) is 0 Å². The van der Waals surface area contributed by atoms with Crippen molar-refractivity contribution in [1.29, 1.82) is 0 Å². The zero-order valence-corrected chi connectivity index (χ0v) is 7.04. The fourth-order valence-electron chi connectivity index (χ4n) is 0.827. The van der Waals surface area contributed by atoms with E-state index >= 15 is 0 Å². The van der Waals surface area contributed by atoms with E-state index in [1.54, 1.807) is 0 Å². The third-order valence-corrected chi connectivity index (χ3v) is 1.47. The summed E-state index contributed by atoms with van der Waals surface area (Å²) >= 11 is 0. The van der Waals surface area contributed by atoms with Crippen molar-refractivity contribution >= 4 is 0 Å². The standard InChI is InChI=1S/C7H14N4/c1-3-8-5-7-6-11(4-2)10-9-7/h6,8H,3-5H2,1-2H3. The molecule has 0 aliphatic heterocycles. The third-order valence-electron chi connectivity index (χ3n) is 1.47. The van der Waals surface area contributed by atoms with Crippen LogP contribution in [0.5, 0.6) is 0 Å². The molecular formula is C7H14N4. The van der Waals surface area contributed by atoms with Gasteiger partial charge in [-0.05, 0) is 13.5 Å². The van der Waals surface area contributed by atoms with Crippen molar-refractivity contribution < 1.29 is 0 Å². The van der Waals surface area contributed by atoms with Crippen molar-refractivity contribution in [1.82, 2.24) is 20.3 Å². The van der Waals surface area contributed by atoms with E-state index in [1.807, 2.05) is 17.8 Å². The van der Waals surface area contributed by atoms with Crippen LogP contribution in [0.25, 0.3) is 0 Å². The number of hydrogen-bond acceptors (Lipinski definition) is 3. The molecule has 11 heavy (non-hydrogen) atoms. The lowest BCUT2D eigenvalue weighted by Gasteiger charge is -1.93. The Morgan fingerprint density at radius 2 is 2.36 bits per heavy atom. The molecule has 1 aromatic rings. The highest BCUT2D eigenvalue weighted by molar-refractivity contribution is 4.90. The van der Waals surface area contributed by atoms with Crippen molar-refractivity contribution in [2.75, 3.05) is 6.54 Å². The molecule has 62 valence electrons. The molecule has 4 nitrogen and oxygen atoms in total. The molecule has 0 saturated carbocycles.